The molecular formula is C21H23N5O2. The first-order chi connectivity index (χ1) is 13.6. The van der Waals surface area contributed by atoms with Crippen LogP contribution in [0.25, 0.3) is 0 Å². The minimum Gasteiger partial charge on any atom is -0.350 e. The van der Waals surface area contributed by atoms with Gasteiger partial charge in [-0.15, -0.1) is 0 Å². The fourth-order valence-corrected chi connectivity index (χ4v) is 2.83. The van der Waals surface area contributed by atoms with Crippen molar-refractivity contribution in [3.8, 4) is 0 Å². The zero-order valence-corrected chi connectivity index (χ0v) is 15.7. The lowest BCUT2D eigenvalue weighted by molar-refractivity contribution is -0.121. The summed E-state index contributed by atoms with van der Waals surface area (Å²) in [7, 11) is 0. The van der Waals surface area contributed by atoms with Gasteiger partial charge in [-0.2, -0.15) is 5.10 Å². The molecule has 2 amide bonds. The minimum atomic E-state index is -0.164. The van der Waals surface area contributed by atoms with E-state index < -0.39 is 0 Å². The van der Waals surface area contributed by atoms with Crippen LogP contribution in [0.2, 0.25) is 0 Å². The molecule has 28 heavy (non-hydrogen) atoms. The molecule has 0 fully saturated rings. The molecule has 7 nitrogen and oxygen atoms in total. The van der Waals surface area contributed by atoms with Gasteiger partial charge >= 0.3 is 0 Å². The van der Waals surface area contributed by atoms with Crippen LogP contribution in [0.4, 0.5) is 5.69 Å². The number of nitrogens with one attached hydrogen (secondary N) is 2. The van der Waals surface area contributed by atoms with Crippen molar-refractivity contribution in [1.82, 2.24) is 20.1 Å². The topological polar surface area (TPSA) is 88.9 Å². The summed E-state index contributed by atoms with van der Waals surface area (Å²) in [5, 5.41) is 9.90. The Kier molecular flexibility index (Phi) is 6.51. The molecule has 2 N–H and O–H groups in total. The first kappa shape index (κ1) is 19.3. The minimum absolute atomic E-state index is 0.0219. The Morgan fingerprint density at radius 1 is 1.11 bits per heavy atom. The largest absolute Gasteiger partial charge is 0.350 e. The number of hydrogen-bond donors (Lipinski definition) is 2. The lowest BCUT2D eigenvalue weighted by Crippen LogP contribution is -2.26. The predicted molar refractivity (Wildman–Crippen MR) is 107 cm³/mol. The van der Waals surface area contributed by atoms with E-state index in [9.17, 15) is 9.59 Å². The zero-order valence-electron chi connectivity index (χ0n) is 15.7. The lowest BCUT2D eigenvalue weighted by atomic mass is 10.1. The second kappa shape index (κ2) is 9.45. The summed E-state index contributed by atoms with van der Waals surface area (Å²) in [6.45, 7) is 2.58. The Hall–Kier alpha value is -3.48. The molecule has 2 aromatic carbocycles. The van der Waals surface area contributed by atoms with Crippen molar-refractivity contribution in [2.24, 2.45) is 0 Å². The maximum atomic E-state index is 12.3. The van der Waals surface area contributed by atoms with Crippen LogP contribution >= 0.6 is 0 Å². The maximum absolute atomic E-state index is 12.3. The van der Waals surface area contributed by atoms with Crippen molar-refractivity contribution in [2.75, 3.05) is 5.32 Å². The molecule has 0 aliphatic heterocycles. The van der Waals surface area contributed by atoms with Crippen LogP contribution in [-0.4, -0.2) is 26.6 Å². The van der Waals surface area contributed by atoms with Gasteiger partial charge in [-0.25, -0.2) is 4.98 Å². The quantitative estimate of drug-likeness (QED) is 0.631. The van der Waals surface area contributed by atoms with Crippen molar-refractivity contribution < 1.29 is 9.59 Å². The van der Waals surface area contributed by atoms with Gasteiger partial charge in [-0.3, -0.25) is 14.3 Å². The van der Waals surface area contributed by atoms with Crippen LogP contribution in [0, 0.1) is 0 Å². The third-order valence-electron chi connectivity index (χ3n) is 4.32. The fourth-order valence-electron chi connectivity index (χ4n) is 2.83. The first-order valence-electron chi connectivity index (χ1n) is 9.20. The molecule has 3 aromatic rings. The summed E-state index contributed by atoms with van der Waals surface area (Å²) in [5.41, 5.74) is 2.22. The van der Waals surface area contributed by atoms with Gasteiger partial charge in [0.25, 0.3) is 5.91 Å². The second-order valence-electron chi connectivity index (χ2n) is 6.50. The number of aromatic nitrogens is 3. The Labute approximate surface area is 163 Å². The van der Waals surface area contributed by atoms with Crippen LogP contribution < -0.4 is 10.6 Å². The summed E-state index contributed by atoms with van der Waals surface area (Å²) in [6, 6.07) is 16.4. The lowest BCUT2D eigenvalue weighted by Gasteiger charge is -2.16. The van der Waals surface area contributed by atoms with Gasteiger partial charge in [-0.05, 0) is 43.2 Å². The van der Waals surface area contributed by atoms with E-state index in [1.165, 1.54) is 6.33 Å². The number of anilines is 1. The number of benzene rings is 2. The van der Waals surface area contributed by atoms with E-state index in [2.05, 4.69) is 20.7 Å². The normalized spacial score (nSPS) is 11.6. The first-order valence-corrected chi connectivity index (χ1v) is 9.20. The summed E-state index contributed by atoms with van der Waals surface area (Å²) < 4.78 is 1.70. The van der Waals surface area contributed by atoms with Crippen molar-refractivity contribution in [1.29, 1.82) is 0 Å². The van der Waals surface area contributed by atoms with E-state index in [0.29, 0.717) is 30.6 Å². The standard InChI is InChI=1S/C21H23N5O2/c1-16(24-20(27)11-6-12-26-15-22-14-23-26)18-9-5-10-19(13-18)25-21(28)17-7-3-2-4-8-17/h2-5,7-10,13-16H,6,11-12H2,1H3,(H,24,27)(H,25,28)/t16-/m1/s1. The molecule has 0 aliphatic carbocycles. The third kappa shape index (κ3) is 5.51. The van der Waals surface area contributed by atoms with E-state index in [4.69, 9.17) is 0 Å². The number of carbonyl (C=O) groups is 2. The van der Waals surface area contributed by atoms with Crippen molar-refractivity contribution in [2.45, 2.75) is 32.4 Å². The Balaban J connectivity index is 1.52. The van der Waals surface area contributed by atoms with Crippen LogP contribution in [0.3, 0.4) is 0 Å². The second-order valence-corrected chi connectivity index (χ2v) is 6.50. The molecule has 1 atom stereocenters. The average molecular weight is 377 g/mol. The van der Waals surface area contributed by atoms with E-state index in [0.717, 1.165) is 5.56 Å². The maximum Gasteiger partial charge on any atom is 0.255 e. The Morgan fingerprint density at radius 3 is 2.68 bits per heavy atom. The van der Waals surface area contributed by atoms with Gasteiger partial charge in [0.15, 0.2) is 0 Å². The van der Waals surface area contributed by atoms with Crippen LogP contribution in [0.1, 0.15) is 41.7 Å². The van der Waals surface area contributed by atoms with Gasteiger partial charge in [-0.1, -0.05) is 30.3 Å². The zero-order chi connectivity index (χ0) is 19.8. The van der Waals surface area contributed by atoms with E-state index in [1.54, 1.807) is 23.1 Å². The monoisotopic (exact) mass is 377 g/mol. The number of aryl methyl sites for hydroxylation is 1. The third-order valence-corrected chi connectivity index (χ3v) is 4.32. The summed E-state index contributed by atoms with van der Waals surface area (Å²) >= 11 is 0. The van der Waals surface area contributed by atoms with Crippen molar-refractivity contribution >= 4 is 17.5 Å². The van der Waals surface area contributed by atoms with Gasteiger partial charge in [0.2, 0.25) is 5.91 Å². The molecule has 0 aliphatic rings. The summed E-state index contributed by atoms with van der Waals surface area (Å²) in [4.78, 5) is 28.4. The fraction of sp³-hybridized carbons (Fsp3) is 0.238. The average Bonchev–Trinajstić information content (AvgIpc) is 3.22. The molecule has 1 heterocycles. The molecule has 0 bridgehead atoms. The highest BCUT2D eigenvalue weighted by atomic mass is 16.2. The molecule has 0 saturated heterocycles. The highest BCUT2D eigenvalue weighted by molar-refractivity contribution is 6.04. The van der Waals surface area contributed by atoms with E-state index in [-0.39, 0.29) is 17.9 Å². The molecule has 0 saturated carbocycles. The molecule has 7 heteroatoms. The summed E-state index contributed by atoms with van der Waals surface area (Å²) in [6.07, 6.45) is 4.21. The Bertz CT molecular complexity index is 910. The van der Waals surface area contributed by atoms with Crippen molar-refractivity contribution in [3.63, 3.8) is 0 Å². The SMILES string of the molecule is C[C@@H](NC(=O)CCCn1cncn1)c1cccc(NC(=O)c2ccccc2)c1. The predicted octanol–water partition coefficient (Wildman–Crippen LogP) is 3.19. The smallest absolute Gasteiger partial charge is 0.255 e. The highest BCUT2D eigenvalue weighted by Crippen LogP contribution is 2.18. The molecule has 0 unspecified atom stereocenters. The molecular weight excluding hydrogens is 354 g/mol. The number of hydrogen-bond acceptors (Lipinski definition) is 4. The van der Waals surface area contributed by atoms with Gasteiger partial charge in [0.05, 0.1) is 6.04 Å². The van der Waals surface area contributed by atoms with E-state index >= 15 is 0 Å². The number of carbonyl (C=O) groups excluding carboxylic acids is 2. The van der Waals surface area contributed by atoms with Gasteiger partial charge < -0.3 is 10.6 Å². The number of nitrogens with zero attached hydrogens (tertiary/aromatic N) is 3. The summed E-state index contributed by atoms with van der Waals surface area (Å²) in [5.74, 6) is -0.186. The molecule has 0 radical (unpaired) electrons. The van der Waals surface area contributed by atoms with Crippen molar-refractivity contribution in [3.05, 3.63) is 78.4 Å². The molecule has 0 spiro atoms. The molecule has 1 aromatic heterocycles. The molecule has 144 valence electrons. The van der Waals surface area contributed by atoms with Crippen LogP contribution in [0.15, 0.2) is 67.3 Å². The van der Waals surface area contributed by atoms with Gasteiger partial charge in [0.1, 0.15) is 12.7 Å². The van der Waals surface area contributed by atoms with Crippen LogP contribution in [-0.2, 0) is 11.3 Å². The van der Waals surface area contributed by atoms with Crippen LogP contribution in [0.5, 0.6) is 0 Å². The van der Waals surface area contributed by atoms with Gasteiger partial charge in [0, 0.05) is 24.2 Å². The molecule has 3 rings (SSSR count). The number of amides is 2. The highest BCUT2D eigenvalue weighted by Gasteiger charge is 2.11. The Morgan fingerprint density at radius 2 is 1.93 bits per heavy atom. The van der Waals surface area contributed by atoms with E-state index in [1.807, 2.05) is 49.4 Å². The number of rotatable bonds is 8.